The number of nitriles is 1. The zero-order chi connectivity index (χ0) is 11.6. The van der Waals surface area contributed by atoms with Crippen LogP contribution in [0.5, 0.6) is 0 Å². The maximum Gasteiger partial charge on any atom is 0.307 e. The van der Waals surface area contributed by atoms with E-state index in [1.165, 1.54) is 6.19 Å². The maximum absolute atomic E-state index is 10.6. The molecule has 1 aliphatic heterocycles. The second kappa shape index (κ2) is 3.76. The Hall–Kier alpha value is -1.79. The minimum Gasteiger partial charge on any atom is -0.493 e. The molecule has 3 N–H and O–H groups in total. The summed E-state index contributed by atoms with van der Waals surface area (Å²) in [6, 6.07) is -2.01. The average molecular weight is 233 g/mol. The summed E-state index contributed by atoms with van der Waals surface area (Å²) in [5.41, 5.74) is 0. The Morgan fingerprint density at radius 1 is 1.60 bits per heavy atom. The summed E-state index contributed by atoms with van der Waals surface area (Å²) in [6.07, 6.45) is 2.40. The molecule has 8 nitrogen and oxygen atoms in total. The van der Waals surface area contributed by atoms with Crippen LogP contribution in [0.3, 0.4) is 0 Å². The van der Waals surface area contributed by atoms with Gasteiger partial charge in [-0.2, -0.15) is 18.7 Å². The van der Waals surface area contributed by atoms with Crippen LogP contribution in [-0.4, -0.2) is 45.9 Å². The fourth-order valence-corrected chi connectivity index (χ4v) is 1.72. The molecular formula is C6H7N3O5S. The Morgan fingerprint density at radius 3 is 2.67 bits per heavy atom. The Kier molecular flexibility index (Phi) is 2.83. The predicted octanol–water partition coefficient (Wildman–Crippen LogP) is -0.647. The first-order valence-corrected chi connectivity index (χ1v) is 5.27. The zero-order valence-corrected chi connectivity index (χ0v) is 8.09. The van der Waals surface area contributed by atoms with Crippen molar-refractivity contribution in [3.8, 4) is 6.19 Å². The van der Waals surface area contributed by atoms with Gasteiger partial charge in [-0.3, -0.25) is 4.55 Å². The van der Waals surface area contributed by atoms with Crippen LogP contribution in [0.1, 0.15) is 0 Å². The first-order chi connectivity index (χ1) is 6.83. The van der Waals surface area contributed by atoms with Gasteiger partial charge in [-0.25, -0.2) is 4.90 Å². The zero-order valence-electron chi connectivity index (χ0n) is 7.27. The highest BCUT2D eigenvalue weighted by atomic mass is 32.2. The van der Waals surface area contributed by atoms with E-state index in [9.17, 15) is 8.42 Å². The lowest BCUT2D eigenvalue weighted by atomic mass is 10.3. The van der Waals surface area contributed by atoms with E-state index in [-0.39, 0.29) is 0 Å². The van der Waals surface area contributed by atoms with Crippen molar-refractivity contribution in [3.05, 3.63) is 12.0 Å². The summed E-state index contributed by atoms with van der Waals surface area (Å²) in [4.78, 5) is 3.68. The molecule has 82 valence electrons. The molecule has 1 aliphatic rings. The van der Waals surface area contributed by atoms with E-state index in [1.54, 1.807) is 0 Å². The first kappa shape index (κ1) is 11.3. The van der Waals surface area contributed by atoms with Gasteiger partial charge in [0.2, 0.25) is 5.88 Å². The average Bonchev–Trinajstić information content (AvgIpc) is 1.99. The van der Waals surface area contributed by atoms with E-state index in [0.29, 0.717) is 4.90 Å². The van der Waals surface area contributed by atoms with Gasteiger partial charge in [0.15, 0.2) is 6.19 Å². The van der Waals surface area contributed by atoms with E-state index in [1.807, 2.05) is 0 Å². The quantitative estimate of drug-likeness (QED) is 0.426. The lowest BCUT2D eigenvalue weighted by Gasteiger charge is -2.23. The molecule has 1 unspecified atom stereocenters. The van der Waals surface area contributed by atoms with Gasteiger partial charge in [0.05, 0.1) is 6.04 Å². The second-order valence-corrected chi connectivity index (χ2v) is 4.22. The van der Waals surface area contributed by atoms with Gasteiger partial charge in [-0.05, 0) is 0 Å². The lowest BCUT2D eigenvalue weighted by Crippen LogP contribution is -2.41. The monoisotopic (exact) mass is 233 g/mol. The second-order valence-electron chi connectivity index (χ2n) is 2.72. The van der Waals surface area contributed by atoms with Crippen molar-refractivity contribution in [2.24, 2.45) is 4.99 Å². The molecule has 1 atom stereocenters. The van der Waals surface area contributed by atoms with Gasteiger partial charge in [-0.15, -0.1) is 0 Å². The lowest BCUT2D eigenvalue weighted by molar-refractivity contribution is 0.331. The van der Waals surface area contributed by atoms with Crippen molar-refractivity contribution >= 4 is 16.1 Å². The summed E-state index contributed by atoms with van der Waals surface area (Å²) in [5.74, 6) is -1.45. The van der Waals surface area contributed by atoms with E-state index in [4.69, 9.17) is 20.0 Å². The fraction of sp³-hybridized carbons (Fsp3) is 0.333. The van der Waals surface area contributed by atoms with Gasteiger partial charge in [0.1, 0.15) is 5.75 Å². The molecule has 15 heavy (non-hydrogen) atoms. The van der Waals surface area contributed by atoms with Crippen molar-refractivity contribution < 1.29 is 23.2 Å². The number of rotatable bonds is 2. The van der Waals surface area contributed by atoms with Gasteiger partial charge >= 0.3 is 6.02 Å². The third-order valence-corrected chi connectivity index (χ3v) is 2.35. The van der Waals surface area contributed by atoms with Crippen molar-refractivity contribution in [1.82, 2.24) is 4.90 Å². The van der Waals surface area contributed by atoms with Crippen LogP contribution in [-0.2, 0) is 10.1 Å². The molecule has 0 saturated carbocycles. The highest BCUT2D eigenvalue weighted by Gasteiger charge is 2.29. The van der Waals surface area contributed by atoms with Crippen LogP contribution < -0.4 is 0 Å². The number of amidine groups is 1. The standard InChI is InChI=1S/C6H7N3O5S/c7-3-9-4(2-15(12,13)14)1-5(10)8-6(9)11/h1,4,10H,2H2,(H,8,11)(H,12,13,14). The Morgan fingerprint density at radius 2 is 2.20 bits per heavy atom. The summed E-state index contributed by atoms with van der Waals surface area (Å²) in [7, 11) is -4.33. The van der Waals surface area contributed by atoms with E-state index >= 15 is 0 Å². The summed E-state index contributed by atoms with van der Waals surface area (Å²) in [5, 5.41) is 26.6. The molecule has 0 bridgehead atoms. The normalized spacial score (nSPS) is 21.6. The van der Waals surface area contributed by atoms with E-state index in [2.05, 4.69) is 4.99 Å². The van der Waals surface area contributed by atoms with Crippen LogP contribution in [0.4, 0.5) is 0 Å². The van der Waals surface area contributed by atoms with Crippen LogP contribution in [0.2, 0.25) is 0 Å². The minimum absolute atomic E-state index is 0.549. The maximum atomic E-state index is 10.6. The molecule has 1 rings (SSSR count). The van der Waals surface area contributed by atoms with E-state index < -0.39 is 33.8 Å². The molecule has 0 aromatic heterocycles. The van der Waals surface area contributed by atoms with Crippen LogP contribution >= 0.6 is 0 Å². The Labute approximate surface area is 85.1 Å². The molecular weight excluding hydrogens is 226 g/mol. The van der Waals surface area contributed by atoms with Crippen LogP contribution in [0.15, 0.2) is 17.0 Å². The molecule has 0 aromatic rings. The molecule has 0 fully saturated rings. The van der Waals surface area contributed by atoms with Crippen molar-refractivity contribution in [1.29, 1.82) is 5.26 Å². The highest BCUT2D eigenvalue weighted by Crippen LogP contribution is 2.12. The number of aliphatic hydroxyl groups excluding tert-OH is 2. The van der Waals surface area contributed by atoms with Crippen LogP contribution in [0.25, 0.3) is 0 Å². The smallest absolute Gasteiger partial charge is 0.307 e. The van der Waals surface area contributed by atoms with Crippen LogP contribution in [0, 0.1) is 11.5 Å². The van der Waals surface area contributed by atoms with Crippen molar-refractivity contribution in [2.45, 2.75) is 6.04 Å². The molecule has 0 amide bonds. The third-order valence-electron chi connectivity index (χ3n) is 1.59. The summed E-state index contributed by atoms with van der Waals surface area (Å²) < 4.78 is 29.7. The highest BCUT2D eigenvalue weighted by molar-refractivity contribution is 7.85. The number of aliphatic hydroxyl groups is 2. The van der Waals surface area contributed by atoms with Gasteiger partial charge < -0.3 is 10.2 Å². The SMILES string of the molecule is N#CN1C(O)=NC(O)=CC1CS(=O)(=O)O. The largest absolute Gasteiger partial charge is 0.493 e. The number of hydrogen-bond donors (Lipinski definition) is 3. The van der Waals surface area contributed by atoms with Crippen molar-refractivity contribution in [2.75, 3.05) is 5.75 Å². The summed E-state index contributed by atoms with van der Waals surface area (Å²) in [6.45, 7) is 0. The molecule has 0 spiro atoms. The van der Waals surface area contributed by atoms with Gasteiger partial charge in [0.25, 0.3) is 10.1 Å². The van der Waals surface area contributed by atoms with Gasteiger partial charge in [0, 0.05) is 6.08 Å². The fourth-order valence-electron chi connectivity index (χ4n) is 1.05. The predicted molar refractivity (Wildman–Crippen MR) is 48.4 cm³/mol. The Balaban J connectivity index is 2.99. The molecule has 0 aliphatic carbocycles. The van der Waals surface area contributed by atoms with E-state index in [0.717, 1.165) is 6.08 Å². The third kappa shape index (κ3) is 2.83. The summed E-state index contributed by atoms with van der Waals surface area (Å²) >= 11 is 0. The molecule has 0 saturated heterocycles. The number of nitrogens with zero attached hydrogens (tertiary/aromatic N) is 3. The number of hydrogen-bond acceptors (Lipinski definition) is 6. The Bertz CT molecular complexity index is 460. The molecule has 0 radical (unpaired) electrons. The minimum atomic E-state index is -4.33. The van der Waals surface area contributed by atoms with Gasteiger partial charge in [-0.1, -0.05) is 0 Å². The number of aliphatic imine (C=N–C) groups is 1. The van der Waals surface area contributed by atoms with Crippen molar-refractivity contribution in [3.63, 3.8) is 0 Å². The first-order valence-electron chi connectivity index (χ1n) is 3.66. The molecule has 0 aromatic carbocycles. The topological polar surface area (TPSA) is 134 Å². The molecule has 9 heteroatoms. The molecule has 1 heterocycles.